The lowest BCUT2D eigenvalue weighted by molar-refractivity contribution is 0.165. The molecule has 0 bridgehead atoms. The summed E-state index contributed by atoms with van der Waals surface area (Å²) < 4.78 is 0. The fraction of sp³-hybridized carbons (Fsp3) is 1.00. The van der Waals surface area contributed by atoms with E-state index < -0.39 is 0 Å². The zero-order valence-electron chi connectivity index (χ0n) is 11.7. The highest BCUT2D eigenvalue weighted by atomic mass is 15.2. The van der Waals surface area contributed by atoms with Crippen molar-refractivity contribution in [1.29, 1.82) is 0 Å². The van der Waals surface area contributed by atoms with Gasteiger partial charge in [0.25, 0.3) is 0 Å². The van der Waals surface area contributed by atoms with Gasteiger partial charge in [-0.1, -0.05) is 34.6 Å². The normalized spacial score (nSPS) is 16.8. The highest BCUT2D eigenvalue weighted by Gasteiger charge is 2.25. The highest BCUT2D eigenvalue weighted by Crippen LogP contribution is 2.20. The first kappa shape index (κ1) is 14.9. The first-order valence-corrected chi connectivity index (χ1v) is 6.26. The first-order chi connectivity index (χ1) is 6.82. The van der Waals surface area contributed by atoms with E-state index in [0.29, 0.717) is 17.5 Å². The molecule has 2 atom stereocenters. The summed E-state index contributed by atoms with van der Waals surface area (Å²) in [6.07, 6.45) is 1.22. The number of hydrogen-bond acceptors (Lipinski definition) is 2. The summed E-state index contributed by atoms with van der Waals surface area (Å²) in [5, 5.41) is 3.59. The summed E-state index contributed by atoms with van der Waals surface area (Å²) in [6, 6.07) is 1.25. The van der Waals surface area contributed by atoms with Gasteiger partial charge in [0.15, 0.2) is 0 Å². The van der Waals surface area contributed by atoms with E-state index in [-0.39, 0.29) is 0 Å². The zero-order chi connectivity index (χ0) is 12.1. The smallest absolute Gasteiger partial charge is 0.0243 e. The lowest BCUT2D eigenvalue weighted by Gasteiger charge is -2.36. The van der Waals surface area contributed by atoms with Crippen molar-refractivity contribution in [3.63, 3.8) is 0 Å². The second-order valence-electron chi connectivity index (χ2n) is 5.67. The topological polar surface area (TPSA) is 15.3 Å². The molecule has 0 saturated heterocycles. The van der Waals surface area contributed by atoms with Crippen LogP contribution in [-0.2, 0) is 0 Å². The summed E-state index contributed by atoms with van der Waals surface area (Å²) in [5.74, 6) is 0. The Morgan fingerprint density at radius 3 is 2.07 bits per heavy atom. The van der Waals surface area contributed by atoms with E-state index in [9.17, 15) is 0 Å². The molecule has 92 valence electrons. The molecule has 0 fully saturated rings. The van der Waals surface area contributed by atoms with Crippen LogP contribution in [0.3, 0.4) is 0 Å². The van der Waals surface area contributed by atoms with Gasteiger partial charge in [0, 0.05) is 18.6 Å². The van der Waals surface area contributed by atoms with Gasteiger partial charge in [0.2, 0.25) is 0 Å². The molecule has 2 heteroatoms. The molecule has 0 aromatic heterocycles. The predicted octanol–water partition coefficient (Wildman–Crippen LogP) is 2.74. The average Bonchev–Trinajstić information content (AvgIpc) is 2.14. The van der Waals surface area contributed by atoms with Crippen molar-refractivity contribution < 1.29 is 0 Å². The third-order valence-corrected chi connectivity index (χ3v) is 3.31. The Kier molecular flexibility index (Phi) is 6.46. The van der Waals surface area contributed by atoms with Crippen molar-refractivity contribution in [3.8, 4) is 0 Å². The summed E-state index contributed by atoms with van der Waals surface area (Å²) in [7, 11) is 2.23. The highest BCUT2D eigenvalue weighted by molar-refractivity contribution is 4.83. The van der Waals surface area contributed by atoms with E-state index in [4.69, 9.17) is 0 Å². The van der Waals surface area contributed by atoms with Crippen LogP contribution >= 0.6 is 0 Å². The van der Waals surface area contributed by atoms with Crippen LogP contribution < -0.4 is 5.32 Å². The second-order valence-corrected chi connectivity index (χ2v) is 5.67. The quantitative estimate of drug-likeness (QED) is 0.731. The number of likely N-dealkylation sites (N-methyl/N-ethyl adjacent to an activating group) is 2. The molecular weight excluding hydrogens is 184 g/mol. The van der Waals surface area contributed by atoms with E-state index >= 15 is 0 Å². The molecule has 0 radical (unpaired) electrons. The molecule has 0 heterocycles. The van der Waals surface area contributed by atoms with Crippen molar-refractivity contribution in [2.24, 2.45) is 5.41 Å². The van der Waals surface area contributed by atoms with Crippen LogP contribution in [0.5, 0.6) is 0 Å². The van der Waals surface area contributed by atoms with Crippen LogP contribution in [0.15, 0.2) is 0 Å². The standard InChI is InChI=1S/C13H30N2/c1-8-11(3)15(7)10-12(14-9-2)13(4,5)6/h11-12,14H,8-10H2,1-7H3. The second kappa shape index (κ2) is 6.49. The Labute approximate surface area is 96.4 Å². The van der Waals surface area contributed by atoms with Crippen LogP contribution in [0.1, 0.15) is 48.0 Å². The average molecular weight is 214 g/mol. The summed E-state index contributed by atoms with van der Waals surface area (Å²) in [6.45, 7) is 15.8. The maximum Gasteiger partial charge on any atom is 0.0243 e. The molecule has 0 aliphatic carbocycles. The van der Waals surface area contributed by atoms with Gasteiger partial charge >= 0.3 is 0 Å². The monoisotopic (exact) mass is 214 g/mol. The molecule has 15 heavy (non-hydrogen) atoms. The van der Waals surface area contributed by atoms with Crippen molar-refractivity contribution in [2.45, 2.75) is 60.0 Å². The third kappa shape index (κ3) is 5.53. The molecule has 0 rings (SSSR count). The van der Waals surface area contributed by atoms with E-state index in [1.165, 1.54) is 6.42 Å². The number of nitrogens with one attached hydrogen (secondary N) is 1. The van der Waals surface area contributed by atoms with Crippen molar-refractivity contribution in [2.75, 3.05) is 20.1 Å². The van der Waals surface area contributed by atoms with Crippen LogP contribution in [0.2, 0.25) is 0 Å². The third-order valence-electron chi connectivity index (χ3n) is 3.31. The molecular formula is C13H30N2. The Bertz CT molecular complexity index is 160. The zero-order valence-corrected chi connectivity index (χ0v) is 11.7. The van der Waals surface area contributed by atoms with Gasteiger partial charge in [-0.15, -0.1) is 0 Å². The summed E-state index contributed by atoms with van der Waals surface area (Å²) >= 11 is 0. The van der Waals surface area contributed by atoms with Gasteiger partial charge in [0.05, 0.1) is 0 Å². The van der Waals surface area contributed by atoms with Crippen LogP contribution in [0.25, 0.3) is 0 Å². The number of hydrogen-bond donors (Lipinski definition) is 1. The van der Waals surface area contributed by atoms with Crippen LogP contribution in [-0.4, -0.2) is 37.1 Å². The Morgan fingerprint density at radius 2 is 1.73 bits per heavy atom. The molecule has 0 aromatic carbocycles. The molecule has 0 aliphatic heterocycles. The lowest BCUT2D eigenvalue weighted by Crippen LogP contribution is -2.49. The minimum Gasteiger partial charge on any atom is -0.312 e. The molecule has 0 saturated carbocycles. The van der Waals surface area contributed by atoms with Gasteiger partial charge in [0.1, 0.15) is 0 Å². The van der Waals surface area contributed by atoms with Gasteiger partial charge in [-0.25, -0.2) is 0 Å². The largest absolute Gasteiger partial charge is 0.312 e. The van der Waals surface area contributed by atoms with Crippen LogP contribution in [0.4, 0.5) is 0 Å². The van der Waals surface area contributed by atoms with E-state index in [1.54, 1.807) is 0 Å². The molecule has 2 unspecified atom stereocenters. The van der Waals surface area contributed by atoms with Crippen molar-refractivity contribution >= 4 is 0 Å². The minimum absolute atomic E-state index is 0.331. The fourth-order valence-electron chi connectivity index (χ4n) is 1.67. The summed E-state index contributed by atoms with van der Waals surface area (Å²) in [5.41, 5.74) is 0.331. The molecule has 0 amide bonds. The minimum atomic E-state index is 0.331. The van der Waals surface area contributed by atoms with E-state index in [2.05, 4.69) is 58.8 Å². The number of rotatable bonds is 6. The maximum atomic E-state index is 3.59. The SMILES string of the molecule is CCNC(CN(C)C(C)CC)C(C)(C)C. The molecule has 0 aliphatic rings. The van der Waals surface area contributed by atoms with Crippen LogP contribution in [0, 0.1) is 5.41 Å². The lowest BCUT2D eigenvalue weighted by atomic mass is 9.86. The predicted molar refractivity (Wildman–Crippen MR) is 69.3 cm³/mol. The van der Waals surface area contributed by atoms with Gasteiger partial charge < -0.3 is 10.2 Å². The van der Waals surface area contributed by atoms with Gasteiger partial charge in [-0.05, 0) is 32.4 Å². The van der Waals surface area contributed by atoms with Gasteiger partial charge in [-0.2, -0.15) is 0 Å². The maximum absolute atomic E-state index is 3.59. The molecule has 0 aromatic rings. The van der Waals surface area contributed by atoms with Crippen molar-refractivity contribution in [3.05, 3.63) is 0 Å². The first-order valence-electron chi connectivity index (χ1n) is 6.26. The van der Waals surface area contributed by atoms with E-state index in [1.807, 2.05) is 0 Å². The Hall–Kier alpha value is -0.0800. The molecule has 0 spiro atoms. The summed E-state index contributed by atoms with van der Waals surface area (Å²) in [4.78, 5) is 2.46. The Balaban J connectivity index is 4.28. The number of nitrogens with zero attached hydrogens (tertiary/aromatic N) is 1. The van der Waals surface area contributed by atoms with E-state index in [0.717, 1.165) is 13.1 Å². The molecule has 2 nitrogen and oxygen atoms in total. The van der Waals surface area contributed by atoms with Gasteiger partial charge in [-0.3, -0.25) is 0 Å². The Morgan fingerprint density at radius 1 is 1.20 bits per heavy atom. The van der Waals surface area contributed by atoms with Crippen molar-refractivity contribution in [1.82, 2.24) is 10.2 Å². The molecule has 1 N–H and O–H groups in total. The fourth-order valence-corrected chi connectivity index (χ4v) is 1.67.